The van der Waals surface area contributed by atoms with E-state index in [-0.39, 0.29) is 6.10 Å². The maximum absolute atomic E-state index is 5.33. The highest BCUT2D eigenvalue weighted by Crippen LogP contribution is 2.11. The summed E-state index contributed by atoms with van der Waals surface area (Å²) < 4.78 is 0. The molecule has 1 fully saturated rings. The number of hydrogen-bond acceptors (Lipinski definition) is 5. The van der Waals surface area contributed by atoms with E-state index >= 15 is 0 Å². The summed E-state index contributed by atoms with van der Waals surface area (Å²) in [7, 11) is 0. The maximum atomic E-state index is 5.33. The van der Waals surface area contributed by atoms with E-state index in [4.69, 9.17) is 10.6 Å². The zero-order valence-corrected chi connectivity index (χ0v) is 7.83. The van der Waals surface area contributed by atoms with Gasteiger partial charge >= 0.3 is 0 Å². The highest BCUT2D eigenvalue weighted by molar-refractivity contribution is 4.59. The van der Waals surface area contributed by atoms with Crippen LogP contribution >= 0.6 is 0 Å². The Morgan fingerprint density at radius 1 is 1.38 bits per heavy atom. The third-order valence-electron chi connectivity index (χ3n) is 1.95. The van der Waals surface area contributed by atoms with E-state index in [1.807, 2.05) is 0 Å². The predicted molar refractivity (Wildman–Crippen MR) is 47.7 cm³/mol. The van der Waals surface area contributed by atoms with Gasteiger partial charge in [-0.05, 0) is 19.4 Å². The number of hydrogen-bond donors (Lipinski definition) is 2. The summed E-state index contributed by atoms with van der Waals surface area (Å²) in [4.78, 5) is 9.50. The van der Waals surface area contributed by atoms with Crippen LogP contribution in [0.4, 0.5) is 0 Å². The zero-order chi connectivity index (χ0) is 9.36. The third kappa shape index (κ3) is 5.17. The molecule has 1 heterocycles. The normalized spacial score (nSPS) is 23.3. The van der Waals surface area contributed by atoms with Crippen LogP contribution < -0.4 is 11.1 Å². The Bertz CT molecular complexity index is 118. The van der Waals surface area contributed by atoms with Crippen molar-refractivity contribution in [3.63, 3.8) is 0 Å². The van der Waals surface area contributed by atoms with Gasteiger partial charge in [-0.15, -0.1) is 0 Å². The molecular weight excluding hydrogens is 172 g/mol. The molecule has 1 unspecified atom stereocenters. The molecule has 1 aliphatic heterocycles. The molecule has 0 aromatic heterocycles. The minimum absolute atomic E-state index is 0.188. The van der Waals surface area contributed by atoms with E-state index < -0.39 is 0 Å². The molecule has 78 valence electrons. The van der Waals surface area contributed by atoms with Crippen molar-refractivity contribution >= 4 is 0 Å². The van der Waals surface area contributed by atoms with E-state index in [0.29, 0.717) is 13.2 Å². The lowest BCUT2D eigenvalue weighted by Gasteiger charge is -2.19. The quantitative estimate of drug-likeness (QED) is 0.454. The molecule has 0 aromatic carbocycles. The summed E-state index contributed by atoms with van der Waals surface area (Å²) in [5.41, 5.74) is 5.33. The standard InChI is InChI=1S/C8H18N2O3/c9-4-6-10-5-1-2-8-3-7-11-13-12-8/h8,10H,1-7,9H2. The molecule has 3 N–H and O–H groups in total. The second kappa shape index (κ2) is 7.23. The van der Waals surface area contributed by atoms with Gasteiger partial charge < -0.3 is 11.1 Å². The average molecular weight is 190 g/mol. The van der Waals surface area contributed by atoms with Gasteiger partial charge in [0.2, 0.25) is 0 Å². The Balaban J connectivity index is 1.86. The van der Waals surface area contributed by atoms with Gasteiger partial charge in [0.15, 0.2) is 0 Å². The molecule has 1 saturated heterocycles. The van der Waals surface area contributed by atoms with Crippen LogP contribution in [-0.4, -0.2) is 32.3 Å². The number of nitrogens with one attached hydrogen (secondary N) is 1. The molecule has 0 bridgehead atoms. The SMILES string of the molecule is NCCNCCCC1CCOOO1. The molecule has 0 saturated carbocycles. The van der Waals surface area contributed by atoms with Crippen LogP contribution in [0.3, 0.4) is 0 Å². The highest BCUT2D eigenvalue weighted by Gasteiger charge is 2.15. The molecule has 0 aliphatic carbocycles. The molecule has 1 atom stereocenters. The fourth-order valence-electron chi connectivity index (χ4n) is 1.22. The van der Waals surface area contributed by atoms with Gasteiger partial charge in [0.25, 0.3) is 0 Å². The van der Waals surface area contributed by atoms with Crippen molar-refractivity contribution in [2.45, 2.75) is 25.4 Å². The van der Waals surface area contributed by atoms with E-state index in [1.54, 1.807) is 0 Å². The lowest BCUT2D eigenvalue weighted by molar-refractivity contribution is -0.549. The van der Waals surface area contributed by atoms with Gasteiger partial charge in [-0.2, -0.15) is 0 Å². The largest absolute Gasteiger partial charge is 0.329 e. The molecule has 13 heavy (non-hydrogen) atoms. The topological polar surface area (TPSA) is 65.7 Å². The van der Waals surface area contributed by atoms with Crippen molar-refractivity contribution in [3.8, 4) is 0 Å². The Kier molecular flexibility index (Phi) is 6.05. The first kappa shape index (κ1) is 10.9. The lowest BCUT2D eigenvalue weighted by atomic mass is 10.1. The van der Waals surface area contributed by atoms with Crippen molar-refractivity contribution < 1.29 is 14.8 Å². The molecule has 0 aromatic rings. The predicted octanol–water partition coefficient (Wildman–Crippen LogP) is -0.0330. The van der Waals surface area contributed by atoms with Crippen LogP contribution in [-0.2, 0) is 14.8 Å². The van der Waals surface area contributed by atoms with Gasteiger partial charge in [0.05, 0.1) is 12.7 Å². The second-order valence-corrected chi connectivity index (χ2v) is 3.08. The van der Waals surface area contributed by atoms with Crippen LogP contribution in [0.1, 0.15) is 19.3 Å². The van der Waals surface area contributed by atoms with E-state index in [0.717, 1.165) is 32.4 Å². The Hall–Kier alpha value is -0.200. The smallest absolute Gasteiger partial charge is 0.0985 e. The molecule has 5 nitrogen and oxygen atoms in total. The van der Waals surface area contributed by atoms with Gasteiger partial charge in [-0.1, -0.05) is 5.04 Å². The minimum atomic E-state index is 0.188. The molecule has 0 amide bonds. The minimum Gasteiger partial charge on any atom is -0.329 e. The number of rotatable bonds is 6. The van der Waals surface area contributed by atoms with Crippen LogP contribution in [0.5, 0.6) is 0 Å². The van der Waals surface area contributed by atoms with Gasteiger partial charge in [0, 0.05) is 19.5 Å². The summed E-state index contributed by atoms with van der Waals surface area (Å²) in [6.07, 6.45) is 3.18. The molecule has 0 spiro atoms. The zero-order valence-electron chi connectivity index (χ0n) is 7.83. The monoisotopic (exact) mass is 190 g/mol. The summed E-state index contributed by atoms with van der Waals surface area (Å²) in [5.74, 6) is 0. The first-order valence-electron chi connectivity index (χ1n) is 4.79. The van der Waals surface area contributed by atoms with Crippen molar-refractivity contribution in [3.05, 3.63) is 0 Å². The fraction of sp³-hybridized carbons (Fsp3) is 1.00. The first-order valence-corrected chi connectivity index (χ1v) is 4.79. The van der Waals surface area contributed by atoms with E-state index in [2.05, 4.69) is 15.2 Å². The van der Waals surface area contributed by atoms with Crippen molar-refractivity contribution in [1.82, 2.24) is 5.32 Å². The van der Waals surface area contributed by atoms with Crippen LogP contribution in [0, 0.1) is 0 Å². The Labute approximate surface area is 78.4 Å². The number of nitrogens with two attached hydrogens (primary N) is 1. The summed E-state index contributed by atoms with van der Waals surface area (Å²) in [5, 5.41) is 7.64. The molecule has 1 rings (SSSR count). The van der Waals surface area contributed by atoms with Crippen LogP contribution in [0.2, 0.25) is 0 Å². The first-order chi connectivity index (χ1) is 6.43. The lowest BCUT2D eigenvalue weighted by Crippen LogP contribution is -2.26. The van der Waals surface area contributed by atoms with E-state index in [9.17, 15) is 0 Å². The van der Waals surface area contributed by atoms with Crippen LogP contribution in [0.25, 0.3) is 0 Å². The molecule has 1 aliphatic rings. The van der Waals surface area contributed by atoms with Gasteiger partial charge in [0.1, 0.15) is 0 Å². The van der Waals surface area contributed by atoms with Gasteiger partial charge in [-0.3, -0.25) is 0 Å². The molecular formula is C8H18N2O3. The molecule has 5 heteroatoms. The van der Waals surface area contributed by atoms with Crippen LogP contribution in [0.15, 0.2) is 0 Å². The summed E-state index contributed by atoms with van der Waals surface area (Å²) in [6, 6.07) is 0. The Morgan fingerprint density at radius 2 is 2.31 bits per heavy atom. The summed E-state index contributed by atoms with van der Waals surface area (Å²) in [6.45, 7) is 3.18. The summed E-state index contributed by atoms with van der Waals surface area (Å²) >= 11 is 0. The van der Waals surface area contributed by atoms with E-state index in [1.165, 1.54) is 0 Å². The third-order valence-corrected chi connectivity index (χ3v) is 1.95. The molecule has 0 radical (unpaired) electrons. The van der Waals surface area contributed by atoms with Crippen molar-refractivity contribution in [2.75, 3.05) is 26.2 Å². The van der Waals surface area contributed by atoms with Gasteiger partial charge in [-0.25, -0.2) is 9.78 Å². The highest BCUT2D eigenvalue weighted by atomic mass is 17.5. The fourth-order valence-corrected chi connectivity index (χ4v) is 1.22. The maximum Gasteiger partial charge on any atom is 0.0985 e. The van der Waals surface area contributed by atoms with Crippen molar-refractivity contribution in [2.24, 2.45) is 5.73 Å². The average Bonchev–Trinajstić information content (AvgIpc) is 2.19. The second-order valence-electron chi connectivity index (χ2n) is 3.08. The Morgan fingerprint density at radius 3 is 3.00 bits per heavy atom. The van der Waals surface area contributed by atoms with Crippen molar-refractivity contribution in [1.29, 1.82) is 0 Å².